The number of amides is 1. The van der Waals surface area contributed by atoms with Crippen molar-refractivity contribution >= 4 is 27.6 Å². The first-order valence-corrected chi connectivity index (χ1v) is 11.6. The minimum absolute atomic E-state index is 0.0380. The lowest BCUT2D eigenvalue weighted by Gasteiger charge is -2.23. The van der Waals surface area contributed by atoms with E-state index in [0.717, 1.165) is 0 Å². The number of rotatable bonds is 7. The van der Waals surface area contributed by atoms with E-state index >= 15 is 0 Å². The number of halogens is 3. The summed E-state index contributed by atoms with van der Waals surface area (Å²) in [6, 6.07) is 7.56. The molecule has 3 rings (SSSR count). The lowest BCUT2D eigenvalue weighted by atomic mass is 9.88. The number of nitrogens with zero attached hydrogens (tertiary/aromatic N) is 4. The molecule has 1 amide bonds. The summed E-state index contributed by atoms with van der Waals surface area (Å²) in [6.45, 7) is 4.68. The molecule has 0 atom stereocenters. The zero-order valence-electron chi connectivity index (χ0n) is 18.4. The van der Waals surface area contributed by atoms with Crippen LogP contribution in [0.2, 0.25) is 0 Å². The minimum Gasteiger partial charge on any atom is -0.325 e. The fourth-order valence-corrected chi connectivity index (χ4v) is 3.26. The highest BCUT2D eigenvalue weighted by molar-refractivity contribution is 7.92. The standard InChI is InChI=1S/C21H21F3N6O3S/c1-4-34(32,33)30-19-26-10-9-16(29-19)20(2,3)18(31)27-14-7-5-13(6-8-14)15-11-25-12-17(28-15)21(22,23)24/h5-12H,4H2,1-3H3,(H,27,31)(H,26,29,30). The predicted octanol–water partition coefficient (Wildman–Crippen LogP) is 3.63. The molecular weight excluding hydrogens is 473 g/mol. The van der Waals surface area contributed by atoms with Crippen LogP contribution in [-0.4, -0.2) is 40.0 Å². The molecule has 34 heavy (non-hydrogen) atoms. The van der Waals surface area contributed by atoms with Crippen molar-refractivity contribution in [2.75, 3.05) is 15.8 Å². The summed E-state index contributed by atoms with van der Waals surface area (Å²) in [5.41, 5.74) is -1.17. The van der Waals surface area contributed by atoms with Crippen LogP contribution in [0.5, 0.6) is 0 Å². The fraction of sp³-hybridized carbons (Fsp3) is 0.286. The van der Waals surface area contributed by atoms with E-state index < -0.39 is 33.2 Å². The van der Waals surface area contributed by atoms with Crippen molar-refractivity contribution in [3.05, 3.63) is 60.3 Å². The second-order valence-electron chi connectivity index (χ2n) is 7.71. The van der Waals surface area contributed by atoms with E-state index in [1.54, 1.807) is 13.8 Å². The second-order valence-corrected chi connectivity index (χ2v) is 9.73. The first kappa shape index (κ1) is 25.0. The number of carbonyl (C=O) groups excluding carboxylic acids is 1. The summed E-state index contributed by atoms with van der Waals surface area (Å²) < 4.78 is 64.4. The SMILES string of the molecule is CCS(=O)(=O)Nc1nccc(C(C)(C)C(=O)Nc2ccc(-c3cncc(C(F)(F)F)n3)cc2)n1. The Morgan fingerprint density at radius 1 is 1.00 bits per heavy atom. The van der Waals surface area contributed by atoms with Gasteiger partial charge in [0.05, 0.1) is 34.9 Å². The summed E-state index contributed by atoms with van der Waals surface area (Å²) in [5, 5.41) is 2.72. The molecule has 13 heteroatoms. The van der Waals surface area contributed by atoms with Crippen molar-refractivity contribution in [2.45, 2.75) is 32.4 Å². The molecule has 0 unspecified atom stereocenters. The van der Waals surface area contributed by atoms with Gasteiger partial charge in [-0.25, -0.2) is 23.4 Å². The molecule has 3 aromatic rings. The smallest absolute Gasteiger partial charge is 0.325 e. The van der Waals surface area contributed by atoms with Gasteiger partial charge in [-0.1, -0.05) is 12.1 Å². The molecule has 0 bridgehead atoms. The lowest BCUT2D eigenvalue weighted by molar-refractivity contribution is -0.141. The Balaban J connectivity index is 1.77. The maximum absolute atomic E-state index is 12.9. The van der Waals surface area contributed by atoms with Gasteiger partial charge in [-0.2, -0.15) is 13.2 Å². The first-order valence-electron chi connectivity index (χ1n) is 9.97. The molecule has 1 aromatic carbocycles. The van der Waals surface area contributed by atoms with E-state index in [9.17, 15) is 26.4 Å². The van der Waals surface area contributed by atoms with E-state index in [1.165, 1.54) is 49.6 Å². The summed E-state index contributed by atoms with van der Waals surface area (Å²) in [6.07, 6.45) is -1.41. The molecule has 2 heterocycles. The Labute approximate surface area is 193 Å². The highest BCUT2D eigenvalue weighted by Crippen LogP contribution is 2.29. The summed E-state index contributed by atoms with van der Waals surface area (Å²) in [5.74, 6) is -0.749. The number of nitrogens with one attached hydrogen (secondary N) is 2. The highest BCUT2D eigenvalue weighted by Gasteiger charge is 2.33. The number of aromatic nitrogens is 4. The molecule has 0 fully saturated rings. The molecule has 9 nitrogen and oxygen atoms in total. The second kappa shape index (κ2) is 9.33. The molecule has 0 spiro atoms. The van der Waals surface area contributed by atoms with E-state index in [0.29, 0.717) is 17.4 Å². The lowest BCUT2D eigenvalue weighted by Crippen LogP contribution is -2.36. The van der Waals surface area contributed by atoms with Gasteiger partial charge in [0.25, 0.3) is 0 Å². The van der Waals surface area contributed by atoms with E-state index in [1.807, 2.05) is 0 Å². The average molecular weight is 494 g/mol. The van der Waals surface area contributed by atoms with Gasteiger partial charge in [0.1, 0.15) is 0 Å². The molecule has 0 aliphatic rings. The zero-order chi connectivity index (χ0) is 25.1. The summed E-state index contributed by atoms with van der Waals surface area (Å²) in [7, 11) is -3.59. The van der Waals surface area contributed by atoms with E-state index in [-0.39, 0.29) is 23.1 Å². The topological polar surface area (TPSA) is 127 Å². The number of benzene rings is 1. The van der Waals surface area contributed by atoms with Crippen LogP contribution < -0.4 is 10.0 Å². The van der Waals surface area contributed by atoms with Crippen molar-refractivity contribution in [1.29, 1.82) is 0 Å². The van der Waals surface area contributed by atoms with Gasteiger partial charge in [-0.15, -0.1) is 0 Å². The normalized spacial score (nSPS) is 12.3. The Kier molecular flexibility index (Phi) is 6.87. The molecule has 2 N–H and O–H groups in total. The number of hydrogen-bond acceptors (Lipinski definition) is 7. The van der Waals surface area contributed by atoms with Crippen molar-refractivity contribution in [3.63, 3.8) is 0 Å². The summed E-state index contributed by atoms with van der Waals surface area (Å²) >= 11 is 0. The van der Waals surface area contributed by atoms with Crippen LogP contribution in [0.4, 0.5) is 24.8 Å². The van der Waals surface area contributed by atoms with Crippen molar-refractivity contribution < 1.29 is 26.4 Å². The predicted molar refractivity (Wildman–Crippen MR) is 119 cm³/mol. The fourth-order valence-electron chi connectivity index (χ4n) is 2.74. The molecule has 2 aromatic heterocycles. The quantitative estimate of drug-likeness (QED) is 0.514. The number of anilines is 2. The Bertz CT molecular complexity index is 1300. The van der Waals surface area contributed by atoms with Gasteiger partial charge in [0.15, 0.2) is 5.69 Å². The van der Waals surface area contributed by atoms with Crippen molar-refractivity contribution in [1.82, 2.24) is 19.9 Å². The van der Waals surface area contributed by atoms with Crippen LogP contribution in [0.25, 0.3) is 11.3 Å². The highest BCUT2D eigenvalue weighted by atomic mass is 32.2. The number of hydrogen-bond donors (Lipinski definition) is 2. The van der Waals surface area contributed by atoms with Gasteiger partial charge in [0, 0.05) is 17.4 Å². The van der Waals surface area contributed by atoms with Crippen LogP contribution in [0.15, 0.2) is 48.9 Å². The van der Waals surface area contributed by atoms with Gasteiger partial charge in [0.2, 0.25) is 21.9 Å². The number of alkyl halides is 3. The average Bonchev–Trinajstić information content (AvgIpc) is 2.79. The zero-order valence-corrected chi connectivity index (χ0v) is 19.2. The summed E-state index contributed by atoms with van der Waals surface area (Å²) in [4.78, 5) is 28.1. The van der Waals surface area contributed by atoms with Crippen LogP contribution in [0.1, 0.15) is 32.2 Å². The van der Waals surface area contributed by atoms with Crippen LogP contribution in [-0.2, 0) is 26.4 Å². The van der Waals surface area contributed by atoms with E-state index in [2.05, 4.69) is 30.0 Å². The molecule has 0 saturated carbocycles. The van der Waals surface area contributed by atoms with Gasteiger partial charge < -0.3 is 5.32 Å². The van der Waals surface area contributed by atoms with Crippen molar-refractivity contribution in [2.24, 2.45) is 0 Å². The van der Waals surface area contributed by atoms with Crippen LogP contribution in [0.3, 0.4) is 0 Å². The van der Waals surface area contributed by atoms with E-state index in [4.69, 9.17) is 0 Å². The molecule has 180 valence electrons. The Hall–Kier alpha value is -3.61. The molecule has 0 saturated heterocycles. The van der Waals surface area contributed by atoms with Crippen LogP contribution >= 0.6 is 0 Å². The first-order chi connectivity index (χ1) is 15.8. The molecule has 0 aliphatic heterocycles. The third-order valence-corrected chi connectivity index (χ3v) is 6.11. The van der Waals surface area contributed by atoms with Gasteiger partial charge >= 0.3 is 6.18 Å². The third kappa shape index (κ3) is 5.84. The number of sulfonamides is 1. The Morgan fingerprint density at radius 3 is 2.29 bits per heavy atom. The van der Waals surface area contributed by atoms with Gasteiger partial charge in [-0.05, 0) is 39.0 Å². The maximum Gasteiger partial charge on any atom is 0.434 e. The van der Waals surface area contributed by atoms with Crippen LogP contribution in [0, 0.1) is 0 Å². The number of carbonyl (C=O) groups is 1. The third-order valence-electron chi connectivity index (χ3n) is 4.85. The molecular formula is C21H21F3N6O3S. The molecule has 0 aliphatic carbocycles. The monoisotopic (exact) mass is 494 g/mol. The van der Waals surface area contributed by atoms with Crippen molar-refractivity contribution in [3.8, 4) is 11.3 Å². The minimum atomic E-state index is -4.61. The maximum atomic E-state index is 12.9. The molecule has 0 radical (unpaired) electrons. The largest absolute Gasteiger partial charge is 0.434 e. The Morgan fingerprint density at radius 2 is 1.68 bits per heavy atom. The van der Waals surface area contributed by atoms with Gasteiger partial charge in [-0.3, -0.25) is 14.5 Å².